The Morgan fingerprint density at radius 1 is 1.00 bits per heavy atom. The topological polar surface area (TPSA) is 94.6 Å². The fourth-order valence-corrected chi connectivity index (χ4v) is 6.49. The van der Waals surface area contributed by atoms with E-state index in [1.165, 1.54) is 11.3 Å². The monoisotopic (exact) mass is 579 g/mol. The van der Waals surface area contributed by atoms with Crippen molar-refractivity contribution in [1.82, 2.24) is 9.88 Å². The molecule has 9 heteroatoms. The zero-order valence-corrected chi connectivity index (χ0v) is 24.6. The first-order valence-corrected chi connectivity index (χ1v) is 15.2. The molecule has 5 aromatic rings. The van der Waals surface area contributed by atoms with Gasteiger partial charge in [0.15, 0.2) is 0 Å². The average Bonchev–Trinajstić information content (AvgIpc) is 3.49. The third-order valence-corrected chi connectivity index (χ3v) is 8.87. The Bertz CT molecular complexity index is 1820. The SMILES string of the molecule is CCCN1CCN(c2c(-c3cc(NC(=O)c4sccc4NCc4ccnc5ccccc45)ccc3C)c(=O)c2=O)CC1. The van der Waals surface area contributed by atoms with E-state index < -0.39 is 10.9 Å². The summed E-state index contributed by atoms with van der Waals surface area (Å²) in [7, 11) is 0. The Morgan fingerprint density at radius 2 is 1.81 bits per heavy atom. The minimum atomic E-state index is -0.457. The Balaban J connectivity index is 1.19. The highest BCUT2D eigenvalue weighted by Gasteiger charge is 2.30. The largest absolute Gasteiger partial charge is 0.380 e. The lowest BCUT2D eigenvalue weighted by Gasteiger charge is -2.37. The minimum absolute atomic E-state index is 0.237. The van der Waals surface area contributed by atoms with Crippen LogP contribution in [-0.2, 0) is 6.54 Å². The average molecular weight is 580 g/mol. The van der Waals surface area contributed by atoms with Crippen molar-refractivity contribution in [2.75, 3.05) is 48.3 Å². The van der Waals surface area contributed by atoms with Gasteiger partial charge < -0.3 is 15.5 Å². The first-order chi connectivity index (χ1) is 20.4. The van der Waals surface area contributed by atoms with Crippen LogP contribution < -0.4 is 26.4 Å². The van der Waals surface area contributed by atoms with E-state index in [-0.39, 0.29) is 5.91 Å². The number of piperazine rings is 1. The number of fused-ring (bicyclic) bond motifs is 1. The van der Waals surface area contributed by atoms with Crippen molar-refractivity contribution < 1.29 is 4.79 Å². The Kier molecular flexibility index (Phi) is 7.86. The molecule has 0 saturated carbocycles. The summed E-state index contributed by atoms with van der Waals surface area (Å²) in [5.74, 6) is -0.237. The maximum Gasteiger partial charge on any atom is 0.267 e. The molecule has 6 rings (SSSR count). The fourth-order valence-electron chi connectivity index (χ4n) is 5.72. The third kappa shape index (κ3) is 5.33. The van der Waals surface area contributed by atoms with Crippen LogP contribution in [0.3, 0.4) is 0 Å². The lowest BCUT2D eigenvalue weighted by molar-refractivity contribution is 0.103. The van der Waals surface area contributed by atoms with E-state index >= 15 is 0 Å². The number of hydrogen-bond donors (Lipinski definition) is 2. The molecule has 0 unspecified atom stereocenters. The number of anilines is 3. The molecule has 1 saturated heterocycles. The second-order valence-electron chi connectivity index (χ2n) is 10.7. The number of aromatic nitrogens is 1. The van der Waals surface area contributed by atoms with E-state index in [2.05, 4.69) is 27.4 Å². The van der Waals surface area contributed by atoms with Gasteiger partial charge in [-0.1, -0.05) is 31.2 Å². The highest BCUT2D eigenvalue weighted by atomic mass is 32.1. The number of thiophene rings is 1. The molecule has 0 bridgehead atoms. The number of rotatable bonds is 9. The van der Waals surface area contributed by atoms with E-state index in [4.69, 9.17) is 0 Å². The summed E-state index contributed by atoms with van der Waals surface area (Å²) in [5.41, 5.74) is 5.02. The van der Waals surface area contributed by atoms with Crippen LogP contribution in [0.2, 0.25) is 0 Å². The van der Waals surface area contributed by atoms with Gasteiger partial charge in [-0.05, 0) is 72.3 Å². The van der Waals surface area contributed by atoms with Crippen molar-refractivity contribution in [2.24, 2.45) is 0 Å². The summed E-state index contributed by atoms with van der Waals surface area (Å²) >= 11 is 1.36. The molecule has 1 aliphatic heterocycles. The molecule has 2 aromatic heterocycles. The predicted molar refractivity (Wildman–Crippen MR) is 172 cm³/mol. The van der Waals surface area contributed by atoms with Crippen LogP contribution in [0.15, 0.2) is 75.8 Å². The molecule has 1 aliphatic rings. The van der Waals surface area contributed by atoms with E-state index in [9.17, 15) is 14.4 Å². The highest BCUT2D eigenvalue weighted by molar-refractivity contribution is 7.12. The van der Waals surface area contributed by atoms with Crippen LogP contribution in [0.25, 0.3) is 22.0 Å². The van der Waals surface area contributed by atoms with Crippen LogP contribution in [-0.4, -0.2) is 48.5 Å². The van der Waals surface area contributed by atoms with Gasteiger partial charge >= 0.3 is 0 Å². The summed E-state index contributed by atoms with van der Waals surface area (Å²) in [6, 6.07) is 17.4. The van der Waals surface area contributed by atoms with Crippen LogP contribution >= 0.6 is 11.3 Å². The van der Waals surface area contributed by atoms with Gasteiger partial charge in [0.25, 0.3) is 5.91 Å². The van der Waals surface area contributed by atoms with Gasteiger partial charge in [0, 0.05) is 50.0 Å². The highest BCUT2D eigenvalue weighted by Crippen LogP contribution is 2.33. The number of aryl methyl sites for hydroxylation is 1. The quantitative estimate of drug-likeness (QED) is 0.230. The number of hydrogen-bond acceptors (Lipinski definition) is 8. The van der Waals surface area contributed by atoms with Crippen molar-refractivity contribution >= 4 is 45.2 Å². The summed E-state index contributed by atoms with van der Waals surface area (Å²) in [6.07, 6.45) is 2.89. The van der Waals surface area contributed by atoms with Crippen molar-refractivity contribution in [3.63, 3.8) is 0 Å². The molecule has 0 atom stereocenters. The predicted octanol–water partition coefficient (Wildman–Crippen LogP) is 5.26. The van der Waals surface area contributed by atoms with E-state index in [1.54, 1.807) is 6.20 Å². The second-order valence-corrected chi connectivity index (χ2v) is 11.6. The van der Waals surface area contributed by atoms with E-state index in [1.807, 2.05) is 71.8 Å². The number of amides is 1. The lowest BCUT2D eigenvalue weighted by atomic mass is 9.93. The summed E-state index contributed by atoms with van der Waals surface area (Å²) in [6.45, 7) is 8.85. The number of nitrogens with one attached hydrogen (secondary N) is 2. The van der Waals surface area contributed by atoms with Gasteiger partial charge in [-0.2, -0.15) is 0 Å². The minimum Gasteiger partial charge on any atom is -0.380 e. The first kappa shape index (κ1) is 27.8. The smallest absolute Gasteiger partial charge is 0.267 e. The second kappa shape index (κ2) is 11.9. The molecule has 0 spiro atoms. The van der Waals surface area contributed by atoms with Crippen molar-refractivity contribution in [2.45, 2.75) is 26.8 Å². The van der Waals surface area contributed by atoms with Gasteiger partial charge in [0.05, 0.1) is 16.8 Å². The summed E-state index contributed by atoms with van der Waals surface area (Å²) < 4.78 is 0. The molecule has 0 aliphatic carbocycles. The standard InChI is InChI=1S/C33H33N5O3S/c1-3-13-37-14-16-38(17-15-37)29-28(30(39)31(29)40)25-19-23(9-8-21(25)2)36-33(41)32-27(11-18-42-32)35-20-22-10-12-34-26-7-5-4-6-24(22)26/h4-12,18-19,35H,3,13-17,20H2,1-2H3,(H,36,41). The molecule has 8 nitrogen and oxygen atoms in total. The molecule has 0 radical (unpaired) electrons. The van der Waals surface area contributed by atoms with Gasteiger partial charge in [0.2, 0.25) is 10.9 Å². The van der Waals surface area contributed by atoms with Crippen LogP contribution in [0.5, 0.6) is 0 Å². The maximum atomic E-state index is 13.4. The summed E-state index contributed by atoms with van der Waals surface area (Å²) in [4.78, 5) is 48.4. The Morgan fingerprint density at radius 3 is 2.62 bits per heavy atom. The molecule has 1 fully saturated rings. The van der Waals surface area contributed by atoms with E-state index in [0.717, 1.165) is 66.9 Å². The molecular formula is C33H33N5O3S. The molecule has 214 valence electrons. The number of nitrogens with zero attached hydrogens (tertiary/aromatic N) is 3. The van der Waals surface area contributed by atoms with Gasteiger partial charge in [-0.3, -0.25) is 24.3 Å². The molecule has 42 heavy (non-hydrogen) atoms. The van der Waals surface area contributed by atoms with E-state index in [0.29, 0.717) is 33.9 Å². The zero-order valence-electron chi connectivity index (χ0n) is 23.8. The van der Waals surface area contributed by atoms with Crippen molar-refractivity contribution in [1.29, 1.82) is 0 Å². The lowest BCUT2D eigenvalue weighted by Crippen LogP contribution is -2.51. The molecule has 2 N–H and O–H groups in total. The molecular weight excluding hydrogens is 546 g/mol. The van der Waals surface area contributed by atoms with Gasteiger partial charge in [-0.15, -0.1) is 11.3 Å². The van der Waals surface area contributed by atoms with Gasteiger partial charge in [0.1, 0.15) is 10.6 Å². The number of benzene rings is 2. The fraction of sp³-hybridized carbons (Fsp3) is 0.273. The Hall–Kier alpha value is -4.34. The number of pyridine rings is 1. The molecule has 1 amide bonds. The van der Waals surface area contributed by atoms with Crippen molar-refractivity contribution in [3.05, 3.63) is 103 Å². The molecule has 3 heterocycles. The zero-order chi connectivity index (χ0) is 29.2. The third-order valence-electron chi connectivity index (χ3n) is 7.96. The molecule has 3 aromatic carbocycles. The van der Waals surface area contributed by atoms with Crippen molar-refractivity contribution in [3.8, 4) is 11.1 Å². The summed E-state index contributed by atoms with van der Waals surface area (Å²) in [5, 5.41) is 9.38. The number of carbonyl (C=O) groups is 1. The number of para-hydroxylation sites is 1. The normalized spacial score (nSPS) is 14.0. The van der Waals surface area contributed by atoms with Gasteiger partial charge in [-0.25, -0.2) is 0 Å². The maximum absolute atomic E-state index is 13.4. The number of carbonyl (C=O) groups excluding carboxylic acids is 1. The van der Waals surface area contributed by atoms with Crippen LogP contribution in [0.4, 0.5) is 17.1 Å². The van der Waals surface area contributed by atoms with Crippen LogP contribution in [0.1, 0.15) is 34.1 Å². The van der Waals surface area contributed by atoms with Crippen LogP contribution in [0, 0.1) is 6.92 Å². The Labute approximate surface area is 248 Å². The first-order valence-electron chi connectivity index (χ1n) is 14.3.